The maximum absolute atomic E-state index is 13.5. The first kappa shape index (κ1) is 20.8. The molecule has 0 aliphatic carbocycles. The second kappa shape index (κ2) is 7.67. The molecule has 0 saturated heterocycles. The van der Waals surface area contributed by atoms with Crippen LogP contribution in [0.3, 0.4) is 0 Å². The van der Waals surface area contributed by atoms with Crippen molar-refractivity contribution in [1.29, 1.82) is 0 Å². The van der Waals surface area contributed by atoms with Crippen LogP contribution in [0.5, 0.6) is 0 Å². The van der Waals surface area contributed by atoms with Gasteiger partial charge < -0.3 is 0 Å². The largest absolute Gasteiger partial charge is 0.343 e. The number of hydrogen-bond donors (Lipinski definition) is 0. The van der Waals surface area contributed by atoms with Crippen LogP contribution in [-0.2, 0) is 16.6 Å². The molecule has 0 N–H and O–H groups in total. The average molecular weight is 435 g/mol. The summed E-state index contributed by atoms with van der Waals surface area (Å²) in [5, 5.41) is 0. The maximum atomic E-state index is 13.5. The number of urea groups is 1. The summed E-state index contributed by atoms with van der Waals surface area (Å²) in [4.78, 5) is 26.7. The molecule has 0 radical (unpaired) electrons. The number of rotatable bonds is 4. The molecule has 2 amide bonds. The number of hydrogen-bond acceptors (Lipinski definition) is 4. The average Bonchev–Trinajstić information content (AvgIpc) is 2.74. The Balaban J connectivity index is 1.85. The van der Waals surface area contributed by atoms with E-state index in [1.165, 1.54) is 42.2 Å². The molecule has 3 aromatic carbocycles. The summed E-state index contributed by atoms with van der Waals surface area (Å²) in [7, 11) is -4.10. The predicted molar refractivity (Wildman–Crippen MR) is 120 cm³/mol. The van der Waals surface area contributed by atoms with E-state index >= 15 is 0 Å². The van der Waals surface area contributed by atoms with Crippen LogP contribution >= 0.6 is 0 Å². The van der Waals surface area contributed by atoms with Gasteiger partial charge in [-0.1, -0.05) is 35.9 Å². The lowest BCUT2D eigenvalue weighted by Crippen LogP contribution is -2.50. The van der Waals surface area contributed by atoms with E-state index in [0.717, 1.165) is 21.0 Å². The lowest BCUT2D eigenvalue weighted by atomic mass is 10.0. The van der Waals surface area contributed by atoms with Gasteiger partial charge in [0.15, 0.2) is 5.78 Å². The number of sulfonamides is 1. The number of nitrogens with zero attached hydrogens (tertiary/aromatic N) is 2. The number of para-hydroxylation sites is 1. The van der Waals surface area contributed by atoms with Gasteiger partial charge in [0.25, 0.3) is 10.0 Å². The van der Waals surface area contributed by atoms with E-state index in [1.807, 2.05) is 32.0 Å². The molecule has 4 rings (SSSR count). The maximum Gasteiger partial charge on any atom is 0.343 e. The van der Waals surface area contributed by atoms with Gasteiger partial charge in [-0.25, -0.2) is 13.2 Å². The number of fused-ring (bicyclic) bond motifs is 1. The molecule has 0 spiro atoms. The summed E-state index contributed by atoms with van der Waals surface area (Å²) in [6.07, 6.45) is 0. The van der Waals surface area contributed by atoms with Gasteiger partial charge in [0.1, 0.15) is 4.90 Å². The molecule has 1 heterocycles. The number of ketones is 1. The molecule has 0 unspecified atom stereocenters. The Morgan fingerprint density at radius 2 is 1.61 bits per heavy atom. The van der Waals surface area contributed by atoms with Gasteiger partial charge in [-0.3, -0.25) is 9.69 Å². The Morgan fingerprint density at radius 3 is 2.29 bits per heavy atom. The second-order valence-electron chi connectivity index (χ2n) is 7.64. The number of aryl methyl sites for hydroxylation is 2. The lowest BCUT2D eigenvalue weighted by molar-refractivity contribution is 0.101. The van der Waals surface area contributed by atoms with Crippen molar-refractivity contribution in [2.45, 2.75) is 32.2 Å². The zero-order chi connectivity index (χ0) is 22.3. The zero-order valence-corrected chi connectivity index (χ0v) is 18.3. The van der Waals surface area contributed by atoms with E-state index in [0.29, 0.717) is 11.3 Å². The summed E-state index contributed by atoms with van der Waals surface area (Å²) in [6.45, 7) is 5.60. The van der Waals surface area contributed by atoms with Crippen LogP contribution in [0.25, 0.3) is 0 Å². The highest BCUT2D eigenvalue weighted by Crippen LogP contribution is 2.38. The van der Waals surface area contributed by atoms with Crippen LogP contribution in [0, 0.1) is 13.8 Å². The molecular formula is C24H22N2O4S. The molecule has 3 aromatic rings. The van der Waals surface area contributed by atoms with Crippen LogP contribution in [0.4, 0.5) is 16.2 Å². The fraction of sp³-hybridized carbons (Fsp3) is 0.167. The summed E-state index contributed by atoms with van der Waals surface area (Å²) in [6, 6.07) is 17.8. The normalized spacial score (nSPS) is 15.0. The fourth-order valence-electron chi connectivity index (χ4n) is 3.69. The molecule has 158 valence electrons. The lowest BCUT2D eigenvalue weighted by Gasteiger charge is -2.36. The minimum absolute atomic E-state index is 0.0653. The third-order valence-electron chi connectivity index (χ3n) is 5.42. The van der Waals surface area contributed by atoms with Crippen molar-refractivity contribution in [2.24, 2.45) is 0 Å². The Morgan fingerprint density at radius 1 is 0.935 bits per heavy atom. The quantitative estimate of drug-likeness (QED) is 0.551. The van der Waals surface area contributed by atoms with Crippen LogP contribution in [0.15, 0.2) is 71.6 Å². The van der Waals surface area contributed by atoms with Gasteiger partial charge in [-0.2, -0.15) is 4.31 Å². The zero-order valence-electron chi connectivity index (χ0n) is 17.5. The summed E-state index contributed by atoms with van der Waals surface area (Å²) >= 11 is 0. The van der Waals surface area contributed by atoms with Crippen molar-refractivity contribution in [3.8, 4) is 0 Å². The van der Waals surface area contributed by atoms with Crippen LogP contribution in [0.2, 0.25) is 0 Å². The first-order chi connectivity index (χ1) is 14.7. The minimum atomic E-state index is -4.10. The Kier molecular flexibility index (Phi) is 5.15. The summed E-state index contributed by atoms with van der Waals surface area (Å²) in [5.41, 5.74) is 4.00. The van der Waals surface area contributed by atoms with Gasteiger partial charge in [-0.15, -0.1) is 0 Å². The van der Waals surface area contributed by atoms with Gasteiger partial charge in [-0.05, 0) is 68.3 Å². The van der Waals surface area contributed by atoms with E-state index in [-0.39, 0.29) is 22.9 Å². The van der Waals surface area contributed by atoms with E-state index < -0.39 is 16.1 Å². The van der Waals surface area contributed by atoms with Crippen LogP contribution in [0.1, 0.15) is 34.0 Å². The van der Waals surface area contributed by atoms with E-state index in [4.69, 9.17) is 0 Å². The smallest absolute Gasteiger partial charge is 0.295 e. The van der Waals surface area contributed by atoms with E-state index in [2.05, 4.69) is 0 Å². The van der Waals surface area contributed by atoms with Crippen LogP contribution < -0.4 is 9.21 Å². The highest BCUT2D eigenvalue weighted by molar-refractivity contribution is 7.94. The number of amides is 2. The number of anilines is 2. The third kappa shape index (κ3) is 3.61. The molecule has 0 atom stereocenters. The number of carbonyl (C=O) groups is 2. The monoisotopic (exact) mass is 434 g/mol. The van der Waals surface area contributed by atoms with Crippen molar-refractivity contribution < 1.29 is 18.0 Å². The first-order valence-electron chi connectivity index (χ1n) is 9.83. The van der Waals surface area contributed by atoms with Gasteiger partial charge >= 0.3 is 6.03 Å². The minimum Gasteiger partial charge on any atom is -0.295 e. The van der Waals surface area contributed by atoms with Crippen molar-refractivity contribution >= 4 is 33.2 Å². The highest BCUT2D eigenvalue weighted by Gasteiger charge is 2.42. The molecule has 0 bridgehead atoms. The number of benzene rings is 3. The van der Waals surface area contributed by atoms with Gasteiger partial charge in [0, 0.05) is 5.56 Å². The standard InChI is InChI=1S/C24H22N2O4S/c1-16-8-9-17(2)20(14-16)15-25-22-6-4-5-7-23(22)31(29,30)26(24(25)28)21-12-10-19(11-13-21)18(3)27/h4-14H,15H2,1-3H3. The molecule has 0 saturated carbocycles. The fourth-order valence-corrected chi connectivity index (χ4v) is 5.28. The Bertz CT molecular complexity index is 1300. The van der Waals surface area contributed by atoms with E-state index in [1.54, 1.807) is 18.2 Å². The summed E-state index contributed by atoms with van der Waals surface area (Å²) in [5.74, 6) is -0.138. The Hall–Kier alpha value is -3.45. The van der Waals surface area contributed by atoms with Gasteiger partial charge in [0.05, 0.1) is 17.9 Å². The molecular weight excluding hydrogens is 412 g/mol. The summed E-state index contributed by atoms with van der Waals surface area (Å²) < 4.78 is 27.5. The molecule has 31 heavy (non-hydrogen) atoms. The first-order valence-corrected chi connectivity index (χ1v) is 11.3. The second-order valence-corrected chi connectivity index (χ2v) is 9.39. The van der Waals surface area contributed by atoms with Crippen molar-refractivity contribution in [3.63, 3.8) is 0 Å². The van der Waals surface area contributed by atoms with Crippen molar-refractivity contribution in [3.05, 3.63) is 89.0 Å². The topological polar surface area (TPSA) is 74.8 Å². The number of Topliss-reactive ketones (excluding diaryl/α,β-unsaturated/α-hetero) is 1. The third-order valence-corrected chi connectivity index (χ3v) is 7.17. The van der Waals surface area contributed by atoms with Crippen molar-refractivity contribution in [1.82, 2.24) is 0 Å². The van der Waals surface area contributed by atoms with E-state index in [9.17, 15) is 18.0 Å². The Labute approximate surface area is 181 Å². The molecule has 1 aliphatic rings. The molecule has 1 aliphatic heterocycles. The van der Waals surface area contributed by atoms with Crippen molar-refractivity contribution in [2.75, 3.05) is 9.21 Å². The number of carbonyl (C=O) groups excluding carboxylic acids is 2. The van der Waals surface area contributed by atoms with Crippen LogP contribution in [-0.4, -0.2) is 20.2 Å². The molecule has 6 nitrogen and oxygen atoms in total. The SMILES string of the molecule is CC(=O)c1ccc(N2C(=O)N(Cc3cc(C)ccc3C)c3ccccc3S2(=O)=O)cc1. The molecule has 7 heteroatoms. The van der Waals surface area contributed by atoms with Gasteiger partial charge in [0.2, 0.25) is 0 Å². The predicted octanol–water partition coefficient (Wildman–Crippen LogP) is 4.84. The molecule has 0 aromatic heterocycles. The highest BCUT2D eigenvalue weighted by atomic mass is 32.2. The molecule has 0 fully saturated rings.